The number of H-pyrrole nitrogens is 1. The Morgan fingerprint density at radius 3 is 2.20 bits per heavy atom. The Morgan fingerprint density at radius 2 is 1.50 bits per heavy atom. The zero-order valence-corrected chi connectivity index (χ0v) is 17.9. The van der Waals surface area contributed by atoms with Crippen LogP contribution in [0.4, 0.5) is 0 Å². The minimum atomic E-state index is -0.260. The fourth-order valence-corrected chi connectivity index (χ4v) is 3.75. The smallest absolute Gasteiger partial charge is 0.277 e. The van der Waals surface area contributed by atoms with Gasteiger partial charge in [0, 0.05) is 26.3 Å². The van der Waals surface area contributed by atoms with Crippen LogP contribution in [0, 0.1) is 0 Å². The van der Waals surface area contributed by atoms with E-state index in [4.69, 9.17) is 16.6 Å². The fraction of sp³-hybridized carbons (Fsp3) is 0. The molecule has 2 heterocycles. The first kappa shape index (κ1) is 18.8. The van der Waals surface area contributed by atoms with E-state index >= 15 is 0 Å². The summed E-state index contributed by atoms with van der Waals surface area (Å²) >= 11 is 9.45. The number of rotatable bonds is 3. The van der Waals surface area contributed by atoms with Gasteiger partial charge >= 0.3 is 0 Å². The fourth-order valence-electron chi connectivity index (χ4n) is 3.36. The number of nitrogens with zero attached hydrogens (tertiary/aromatic N) is 3. The van der Waals surface area contributed by atoms with E-state index < -0.39 is 0 Å². The van der Waals surface area contributed by atoms with Crippen LogP contribution in [0.25, 0.3) is 39.6 Å². The Balaban J connectivity index is 1.80. The summed E-state index contributed by atoms with van der Waals surface area (Å²) in [6.45, 7) is 0. The summed E-state index contributed by atoms with van der Waals surface area (Å²) in [7, 11) is 0. The number of halogens is 2. The Morgan fingerprint density at radius 1 is 0.833 bits per heavy atom. The van der Waals surface area contributed by atoms with Gasteiger partial charge < -0.3 is 4.98 Å². The third-order valence-corrected chi connectivity index (χ3v) is 5.54. The lowest BCUT2D eigenvalue weighted by molar-refractivity contribution is 1.08. The molecule has 0 amide bonds. The number of benzene rings is 3. The van der Waals surface area contributed by atoms with Crippen molar-refractivity contribution in [3.8, 4) is 28.5 Å². The van der Waals surface area contributed by atoms with Crippen molar-refractivity contribution in [1.29, 1.82) is 0 Å². The SMILES string of the molecule is O=c1[nH]c(-c2ccc(Cl)cc2)nc2nc(-c3ccc(Br)cc3)n(-c3ccccc3)c12. The molecule has 0 fully saturated rings. The van der Waals surface area contributed by atoms with E-state index in [2.05, 4.69) is 25.9 Å². The van der Waals surface area contributed by atoms with E-state index in [9.17, 15) is 4.79 Å². The number of hydrogen-bond acceptors (Lipinski definition) is 3. The lowest BCUT2D eigenvalue weighted by atomic mass is 10.2. The molecule has 0 atom stereocenters. The van der Waals surface area contributed by atoms with Crippen molar-refractivity contribution < 1.29 is 0 Å². The van der Waals surface area contributed by atoms with Crippen molar-refractivity contribution >= 4 is 38.7 Å². The summed E-state index contributed by atoms with van der Waals surface area (Å²) in [5.74, 6) is 1.10. The van der Waals surface area contributed by atoms with Crippen molar-refractivity contribution in [3.63, 3.8) is 0 Å². The summed E-state index contributed by atoms with van der Waals surface area (Å²) in [6.07, 6.45) is 0. The van der Waals surface area contributed by atoms with Crippen molar-refractivity contribution in [2.75, 3.05) is 0 Å². The molecule has 3 aromatic carbocycles. The van der Waals surface area contributed by atoms with E-state index in [0.717, 1.165) is 21.3 Å². The molecule has 5 rings (SSSR count). The van der Waals surface area contributed by atoms with Crippen LogP contribution in [0.1, 0.15) is 0 Å². The van der Waals surface area contributed by atoms with Crippen LogP contribution in [0.3, 0.4) is 0 Å². The Labute approximate surface area is 185 Å². The molecule has 30 heavy (non-hydrogen) atoms. The predicted octanol–water partition coefficient (Wildman–Crippen LogP) is 5.86. The number of imidazole rings is 1. The maximum absolute atomic E-state index is 13.1. The van der Waals surface area contributed by atoms with Gasteiger partial charge in [-0.2, -0.15) is 0 Å². The summed E-state index contributed by atoms with van der Waals surface area (Å²) in [4.78, 5) is 25.4. The topological polar surface area (TPSA) is 63.6 Å². The van der Waals surface area contributed by atoms with Crippen molar-refractivity contribution in [2.45, 2.75) is 0 Å². The molecule has 7 heteroatoms. The zero-order valence-electron chi connectivity index (χ0n) is 15.5. The molecule has 5 aromatic rings. The molecule has 2 aromatic heterocycles. The lowest BCUT2D eigenvalue weighted by Gasteiger charge is -2.09. The van der Waals surface area contributed by atoms with Gasteiger partial charge in [0.15, 0.2) is 11.2 Å². The molecule has 0 saturated carbocycles. The van der Waals surface area contributed by atoms with Crippen LogP contribution in [-0.4, -0.2) is 19.5 Å². The monoisotopic (exact) mass is 476 g/mol. The molecule has 5 nitrogen and oxygen atoms in total. The maximum Gasteiger partial charge on any atom is 0.277 e. The number of fused-ring (bicyclic) bond motifs is 1. The van der Waals surface area contributed by atoms with Crippen molar-refractivity contribution in [2.24, 2.45) is 0 Å². The van der Waals surface area contributed by atoms with Crippen LogP contribution in [-0.2, 0) is 0 Å². The number of aromatic amines is 1. The highest BCUT2D eigenvalue weighted by atomic mass is 79.9. The summed E-state index contributed by atoms with van der Waals surface area (Å²) < 4.78 is 2.81. The second-order valence-electron chi connectivity index (χ2n) is 6.71. The van der Waals surface area contributed by atoms with Crippen LogP contribution in [0.2, 0.25) is 5.02 Å². The Hall–Kier alpha value is -3.22. The molecule has 0 saturated heterocycles. The van der Waals surface area contributed by atoms with Gasteiger partial charge in [-0.15, -0.1) is 0 Å². The lowest BCUT2D eigenvalue weighted by Crippen LogP contribution is -2.13. The highest BCUT2D eigenvalue weighted by molar-refractivity contribution is 9.10. The first-order valence-electron chi connectivity index (χ1n) is 9.20. The van der Waals surface area contributed by atoms with Crippen molar-refractivity contribution in [3.05, 3.63) is 98.7 Å². The summed E-state index contributed by atoms with van der Waals surface area (Å²) in [6, 6.07) is 24.6. The maximum atomic E-state index is 13.1. The van der Waals surface area contributed by atoms with E-state index in [1.165, 1.54) is 0 Å². The third kappa shape index (κ3) is 3.34. The molecule has 0 radical (unpaired) electrons. The number of hydrogen-bond donors (Lipinski definition) is 1. The quantitative estimate of drug-likeness (QED) is 0.354. The minimum absolute atomic E-state index is 0.260. The average Bonchev–Trinajstić information content (AvgIpc) is 3.15. The zero-order chi connectivity index (χ0) is 20.7. The van der Waals surface area contributed by atoms with Gasteiger partial charge in [-0.25, -0.2) is 9.97 Å². The van der Waals surface area contributed by atoms with Gasteiger partial charge in [0.2, 0.25) is 0 Å². The molecule has 1 N–H and O–H groups in total. The van der Waals surface area contributed by atoms with Gasteiger partial charge in [0.1, 0.15) is 11.6 Å². The van der Waals surface area contributed by atoms with Crippen LogP contribution in [0.15, 0.2) is 88.1 Å². The van der Waals surface area contributed by atoms with Crippen LogP contribution < -0.4 is 5.56 Å². The van der Waals surface area contributed by atoms with E-state index in [1.807, 2.05) is 71.3 Å². The predicted molar refractivity (Wildman–Crippen MR) is 123 cm³/mol. The standard InChI is InChI=1S/C23H14BrClN4O/c24-16-10-6-15(7-11-16)22-27-21-19(29(22)18-4-2-1-3-5-18)23(30)28-20(26-21)14-8-12-17(25)13-9-14/h1-13H,(H,26,28,30). The van der Waals surface area contributed by atoms with Crippen LogP contribution >= 0.6 is 27.5 Å². The molecule has 0 spiro atoms. The van der Waals surface area contributed by atoms with Gasteiger partial charge in [-0.1, -0.05) is 57.9 Å². The van der Waals surface area contributed by atoms with Gasteiger partial charge in [-0.3, -0.25) is 9.36 Å². The van der Waals surface area contributed by atoms with E-state index in [0.29, 0.717) is 27.8 Å². The normalized spacial score (nSPS) is 11.1. The molecule has 0 aliphatic heterocycles. The molecule has 0 aliphatic carbocycles. The van der Waals surface area contributed by atoms with E-state index in [1.54, 1.807) is 12.1 Å². The second-order valence-corrected chi connectivity index (χ2v) is 8.06. The van der Waals surface area contributed by atoms with Crippen molar-refractivity contribution in [1.82, 2.24) is 19.5 Å². The molecular formula is C23H14BrClN4O. The highest BCUT2D eigenvalue weighted by Gasteiger charge is 2.19. The Kier molecular flexibility index (Phi) is 4.73. The molecule has 0 unspecified atom stereocenters. The first-order valence-corrected chi connectivity index (χ1v) is 10.4. The molecule has 0 aliphatic rings. The largest absolute Gasteiger partial charge is 0.305 e. The highest BCUT2D eigenvalue weighted by Crippen LogP contribution is 2.28. The minimum Gasteiger partial charge on any atom is -0.305 e. The first-order chi connectivity index (χ1) is 14.6. The summed E-state index contributed by atoms with van der Waals surface area (Å²) in [5, 5.41) is 0.619. The molecule has 146 valence electrons. The summed E-state index contributed by atoms with van der Waals surface area (Å²) in [5.41, 5.74) is 3.00. The average molecular weight is 478 g/mol. The van der Waals surface area contributed by atoms with Gasteiger partial charge in [0.05, 0.1) is 0 Å². The Bertz CT molecular complexity index is 1410. The van der Waals surface area contributed by atoms with Crippen LogP contribution in [0.5, 0.6) is 0 Å². The van der Waals surface area contributed by atoms with E-state index in [-0.39, 0.29) is 5.56 Å². The molecular weight excluding hydrogens is 464 g/mol. The second kappa shape index (κ2) is 7.55. The van der Waals surface area contributed by atoms with Gasteiger partial charge in [-0.05, 0) is 48.5 Å². The third-order valence-electron chi connectivity index (χ3n) is 4.76. The number of para-hydroxylation sites is 1. The molecule has 0 bridgehead atoms. The van der Waals surface area contributed by atoms with Gasteiger partial charge in [0.25, 0.3) is 5.56 Å². The number of nitrogens with one attached hydrogen (secondary N) is 1. The number of aromatic nitrogens is 4.